The molecule has 1 aromatic heterocycles. The van der Waals surface area contributed by atoms with Crippen LogP contribution in [0, 0.1) is 0 Å². The monoisotopic (exact) mass is 310 g/mol. The highest BCUT2D eigenvalue weighted by Gasteiger charge is 1.98. The highest BCUT2D eigenvalue weighted by Crippen LogP contribution is 2.16. The van der Waals surface area contributed by atoms with Gasteiger partial charge in [0.1, 0.15) is 11.7 Å². The lowest BCUT2D eigenvalue weighted by Crippen LogP contribution is -2.12. The van der Waals surface area contributed by atoms with Crippen molar-refractivity contribution < 1.29 is 0 Å². The number of imidazole rings is 1. The van der Waals surface area contributed by atoms with Crippen LogP contribution in [0.2, 0.25) is 0 Å². The minimum Gasteiger partial charge on any atom is -0.386 e. The molecule has 22 heavy (non-hydrogen) atoms. The highest BCUT2D eigenvalue weighted by atomic mass is 35.5. The number of benzene rings is 2. The lowest BCUT2D eigenvalue weighted by Gasteiger charge is -1.97. The van der Waals surface area contributed by atoms with Gasteiger partial charge in [0.05, 0.1) is 22.6 Å². The third-order valence-corrected chi connectivity index (χ3v) is 3.42. The van der Waals surface area contributed by atoms with Gasteiger partial charge in [0, 0.05) is 0 Å². The Labute approximate surface area is 133 Å². The number of para-hydroxylation sites is 2. The second-order valence-electron chi connectivity index (χ2n) is 4.80. The van der Waals surface area contributed by atoms with Gasteiger partial charge in [-0.05, 0) is 35.9 Å². The lowest BCUT2D eigenvalue weighted by molar-refractivity contribution is 1.29. The molecule has 4 nitrogen and oxygen atoms in total. The van der Waals surface area contributed by atoms with Crippen LogP contribution in [-0.4, -0.2) is 21.7 Å². The quantitative estimate of drug-likeness (QED) is 0.435. The maximum atomic E-state index is 5.61. The topological polar surface area (TPSA) is 67.1 Å². The third-order valence-electron chi connectivity index (χ3n) is 3.14. The maximum absolute atomic E-state index is 5.61. The molecule has 0 aliphatic carbocycles. The number of nitrogens with zero attached hydrogens (tertiary/aromatic N) is 2. The molecule has 0 saturated heterocycles. The number of hydrogen-bond acceptors (Lipinski definition) is 2. The smallest absolute Gasteiger partial charge is 0.131 e. The SMILES string of the molecule is NC(CCl)=Nc1ccc(C=Cc2nc3ccccc3[nH]2)cc1. The Morgan fingerprint density at radius 1 is 1.14 bits per heavy atom. The highest BCUT2D eigenvalue weighted by molar-refractivity contribution is 6.28. The lowest BCUT2D eigenvalue weighted by atomic mass is 10.2. The van der Waals surface area contributed by atoms with Gasteiger partial charge in [-0.3, -0.25) is 0 Å². The molecular formula is C17H15ClN4. The number of aromatic nitrogens is 2. The Morgan fingerprint density at radius 2 is 1.91 bits per heavy atom. The Bertz CT molecular complexity index is 798. The first kappa shape index (κ1) is 14.4. The van der Waals surface area contributed by atoms with E-state index < -0.39 is 0 Å². The van der Waals surface area contributed by atoms with Gasteiger partial charge in [-0.1, -0.05) is 30.3 Å². The fourth-order valence-electron chi connectivity index (χ4n) is 2.08. The molecule has 0 amide bonds. The van der Waals surface area contributed by atoms with Crippen molar-refractivity contribution >= 4 is 46.3 Å². The molecule has 0 fully saturated rings. The number of rotatable bonds is 4. The summed E-state index contributed by atoms with van der Waals surface area (Å²) >= 11 is 5.61. The summed E-state index contributed by atoms with van der Waals surface area (Å²) in [7, 11) is 0. The Kier molecular flexibility index (Phi) is 4.21. The fraction of sp³-hybridized carbons (Fsp3) is 0.0588. The molecule has 5 heteroatoms. The van der Waals surface area contributed by atoms with Crippen LogP contribution in [0.15, 0.2) is 53.5 Å². The van der Waals surface area contributed by atoms with E-state index in [0.717, 1.165) is 28.1 Å². The van der Waals surface area contributed by atoms with Gasteiger partial charge in [-0.2, -0.15) is 0 Å². The standard InChI is InChI=1S/C17H15ClN4/c18-11-16(19)20-13-8-5-12(6-9-13)7-10-17-21-14-3-1-2-4-15(14)22-17/h1-10H,11H2,(H2,19,20)(H,21,22). The van der Waals surface area contributed by atoms with Gasteiger partial charge in [0.15, 0.2) is 0 Å². The molecule has 110 valence electrons. The number of aliphatic imine (C=N–C) groups is 1. The van der Waals surface area contributed by atoms with Crippen LogP contribution in [0.25, 0.3) is 23.2 Å². The van der Waals surface area contributed by atoms with Crippen molar-refractivity contribution in [1.82, 2.24) is 9.97 Å². The number of nitrogens with two attached hydrogens (primary N) is 1. The molecule has 3 N–H and O–H groups in total. The van der Waals surface area contributed by atoms with E-state index in [2.05, 4.69) is 15.0 Å². The molecule has 0 unspecified atom stereocenters. The van der Waals surface area contributed by atoms with Crippen molar-refractivity contribution in [2.75, 3.05) is 5.88 Å². The van der Waals surface area contributed by atoms with Gasteiger partial charge in [0.2, 0.25) is 0 Å². The van der Waals surface area contributed by atoms with Crippen LogP contribution in [0.3, 0.4) is 0 Å². The fourth-order valence-corrected chi connectivity index (χ4v) is 2.14. The molecule has 3 aromatic rings. The average Bonchev–Trinajstić information content (AvgIpc) is 2.97. The predicted octanol–water partition coefficient (Wildman–Crippen LogP) is 3.96. The van der Waals surface area contributed by atoms with E-state index in [0.29, 0.717) is 5.84 Å². The number of nitrogens with one attached hydrogen (secondary N) is 1. The van der Waals surface area contributed by atoms with Crippen LogP contribution in [0.4, 0.5) is 5.69 Å². The van der Waals surface area contributed by atoms with Crippen molar-refractivity contribution in [3.05, 3.63) is 59.9 Å². The minimum atomic E-state index is 0.230. The zero-order chi connectivity index (χ0) is 15.4. The number of fused-ring (bicyclic) bond motifs is 1. The van der Waals surface area contributed by atoms with E-state index >= 15 is 0 Å². The summed E-state index contributed by atoms with van der Waals surface area (Å²) in [6.07, 6.45) is 3.95. The first-order valence-corrected chi connectivity index (χ1v) is 7.40. The van der Waals surface area contributed by atoms with Gasteiger partial charge in [-0.15, -0.1) is 11.6 Å². The van der Waals surface area contributed by atoms with Gasteiger partial charge >= 0.3 is 0 Å². The maximum Gasteiger partial charge on any atom is 0.131 e. The van der Waals surface area contributed by atoms with E-state index in [1.54, 1.807) is 0 Å². The molecule has 0 aliphatic heterocycles. The van der Waals surface area contributed by atoms with E-state index in [4.69, 9.17) is 17.3 Å². The van der Waals surface area contributed by atoms with Gasteiger partial charge < -0.3 is 10.7 Å². The molecule has 0 atom stereocenters. The van der Waals surface area contributed by atoms with E-state index in [-0.39, 0.29) is 5.88 Å². The number of alkyl halides is 1. The molecule has 3 rings (SSSR count). The average molecular weight is 311 g/mol. The summed E-state index contributed by atoms with van der Waals surface area (Å²) in [6.45, 7) is 0. The summed E-state index contributed by atoms with van der Waals surface area (Å²) in [6, 6.07) is 15.7. The normalized spacial score (nSPS) is 12.3. The molecule has 0 aliphatic rings. The summed E-state index contributed by atoms with van der Waals surface area (Å²) in [5, 5.41) is 0. The van der Waals surface area contributed by atoms with Crippen molar-refractivity contribution in [1.29, 1.82) is 0 Å². The molecule has 1 heterocycles. The second kappa shape index (κ2) is 6.45. The molecule has 0 bridgehead atoms. The van der Waals surface area contributed by atoms with Crippen molar-refractivity contribution in [3.63, 3.8) is 0 Å². The summed E-state index contributed by atoms with van der Waals surface area (Å²) in [5.41, 5.74) is 9.45. The summed E-state index contributed by atoms with van der Waals surface area (Å²) in [4.78, 5) is 11.9. The van der Waals surface area contributed by atoms with Crippen LogP contribution in [-0.2, 0) is 0 Å². The van der Waals surface area contributed by atoms with Crippen molar-refractivity contribution in [2.45, 2.75) is 0 Å². The van der Waals surface area contributed by atoms with E-state index in [9.17, 15) is 0 Å². The van der Waals surface area contributed by atoms with Crippen molar-refractivity contribution in [2.24, 2.45) is 10.7 Å². The predicted molar refractivity (Wildman–Crippen MR) is 93.5 cm³/mol. The number of hydrogen-bond donors (Lipinski definition) is 2. The third kappa shape index (κ3) is 3.35. The molecule has 0 radical (unpaired) electrons. The number of H-pyrrole nitrogens is 1. The van der Waals surface area contributed by atoms with Crippen LogP contribution >= 0.6 is 11.6 Å². The van der Waals surface area contributed by atoms with E-state index in [1.807, 2.05) is 60.7 Å². The van der Waals surface area contributed by atoms with Crippen LogP contribution in [0.1, 0.15) is 11.4 Å². The second-order valence-corrected chi connectivity index (χ2v) is 5.07. The number of aromatic amines is 1. The molecule has 0 saturated carbocycles. The molecule has 0 spiro atoms. The summed E-state index contributed by atoms with van der Waals surface area (Å²) in [5.74, 6) is 1.47. The van der Waals surface area contributed by atoms with Crippen LogP contribution in [0.5, 0.6) is 0 Å². The zero-order valence-electron chi connectivity index (χ0n) is 11.8. The number of halogens is 1. The van der Waals surface area contributed by atoms with Crippen molar-refractivity contribution in [3.8, 4) is 0 Å². The minimum absolute atomic E-state index is 0.230. The zero-order valence-corrected chi connectivity index (χ0v) is 12.6. The largest absolute Gasteiger partial charge is 0.386 e. The first-order chi connectivity index (χ1) is 10.7. The van der Waals surface area contributed by atoms with E-state index in [1.165, 1.54) is 0 Å². The Hall–Kier alpha value is -2.59. The first-order valence-electron chi connectivity index (χ1n) is 6.86. The van der Waals surface area contributed by atoms with Gasteiger partial charge in [-0.25, -0.2) is 9.98 Å². The number of amidine groups is 1. The Morgan fingerprint density at radius 3 is 2.64 bits per heavy atom. The Balaban J connectivity index is 1.77. The van der Waals surface area contributed by atoms with Crippen LogP contribution < -0.4 is 5.73 Å². The van der Waals surface area contributed by atoms with Gasteiger partial charge in [0.25, 0.3) is 0 Å². The molecule has 2 aromatic carbocycles. The molecular weight excluding hydrogens is 296 g/mol. The summed E-state index contributed by atoms with van der Waals surface area (Å²) < 4.78 is 0.